The first-order valence-electron chi connectivity index (χ1n) is 6.74. The van der Waals surface area contributed by atoms with Crippen molar-refractivity contribution in [2.24, 2.45) is 0 Å². The Morgan fingerprint density at radius 1 is 1.25 bits per heavy atom. The van der Waals surface area contributed by atoms with Gasteiger partial charge in [0.15, 0.2) is 0 Å². The molecule has 0 amide bonds. The van der Waals surface area contributed by atoms with E-state index >= 15 is 0 Å². The van der Waals surface area contributed by atoms with Gasteiger partial charge in [0.05, 0.1) is 0 Å². The first-order valence-corrected chi connectivity index (χ1v) is 6.74. The van der Waals surface area contributed by atoms with E-state index in [4.69, 9.17) is 4.74 Å². The summed E-state index contributed by atoms with van der Waals surface area (Å²) in [7, 11) is 1.93. The van der Waals surface area contributed by atoms with Gasteiger partial charge in [-0.2, -0.15) is 0 Å². The number of rotatable bonds is 5. The zero-order valence-corrected chi connectivity index (χ0v) is 12.2. The van der Waals surface area contributed by atoms with Crippen LogP contribution in [0, 0.1) is 6.92 Å². The van der Waals surface area contributed by atoms with E-state index < -0.39 is 0 Å². The Morgan fingerprint density at radius 3 is 2.80 bits per heavy atom. The Morgan fingerprint density at radius 2 is 2.05 bits per heavy atom. The Kier molecular flexibility index (Phi) is 4.91. The van der Waals surface area contributed by atoms with Crippen LogP contribution in [0.1, 0.15) is 23.7 Å². The molecule has 1 N–H and O–H groups in total. The lowest BCUT2D eigenvalue weighted by molar-refractivity contribution is 0.459. The lowest BCUT2D eigenvalue weighted by Gasteiger charge is -2.10. The molecule has 2 rings (SSSR count). The average Bonchev–Trinajstić information content (AvgIpc) is 2.41. The molecule has 0 saturated carbocycles. The summed E-state index contributed by atoms with van der Waals surface area (Å²) < 4.78 is 5.94. The topological polar surface area (TPSA) is 34.1 Å². The normalized spacial score (nSPS) is 10.9. The van der Waals surface area contributed by atoms with Crippen molar-refractivity contribution in [3.05, 3.63) is 59.3 Å². The summed E-state index contributed by atoms with van der Waals surface area (Å²) in [6.45, 7) is 4.77. The molecule has 3 nitrogen and oxygen atoms in total. The predicted molar refractivity (Wildman–Crippen MR) is 83.0 cm³/mol. The maximum absolute atomic E-state index is 5.94. The van der Waals surface area contributed by atoms with Crippen LogP contribution in [0.3, 0.4) is 0 Å². The number of benzene rings is 1. The number of aryl methyl sites for hydroxylation is 1. The number of nitrogens with zero attached hydrogens (tertiary/aromatic N) is 1. The lowest BCUT2D eigenvalue weighted by atomic mass is 10.2. The van der Waals surface area contributed by atoms with Gasteiger partial charge in [0.2, 0.25) is 5.88 Å². The minimum Gasteiger partial charge on any atom is -0.438 e. The van der Waals surface area contributed by atoms with Gasteiger partial charge in [-0.25, -0.2) is 4.98 Å². The van der Waals surface area contributed by atoms with Crippen LogP contribution in [0.25, 0.3) is 6.08 Å². The molecular formula is C17H20N2O. The van der Waals surface area contributed by atoms with Crippen molar-refractivity contribution < 1.29 is 4.74 Å². The Labute approximate surface area is 120 Å². The van der Waals surface area contributed by atoms with Crippen molar-refractivity contribution in [3.63, 3.8) is 0 Å². The largest absolute Gasteiger partial charge is 0.438 e. The summed E-state index contributed by atoms with van der Waals surface area (Å²) in [5, 5.41) is 3.14. The molecule has 0 aliphatic heterocycles. The Hall–Kier alpha value is -2.13. The number of nitrogens with one attached hydrogen (secondary N) is 1. The standard InChI is InChI=1S/C17H20N2O/c1-4-7-15-8-5-6-9-16(15)20-17-11-14(12-18-3)10-13(2)19-17/h4-11,18H,12H2,1-3H3/b7-4+. The molecule has 0 bridgehead atoms. The molecule has 104 valence electrons. The average molecular weight is 268 g/mol. The Bertz CT molecular complexity index is 606. The third kappa shape index (κ3) is 3.68. The third-order valence-electron chi connectivity index (χ3n) is 2.85. The molecule has 0 aliphatic rings. The molecule has 0 aliphatic carbocycles. The fraction of sp³-hybridized carbons (Fsp3) is 0.235. The van der Waals surface area contributed by atoms with Gasteiger partial charge < -0.3 is 10.1 Å². The molecule has 1 heterocycles. The highest BCUT2D eigenvalue weighted by Gasteiger charge is 2.05. The van der Waals surface area contributed by atoms with Crippen LogP contribution in [0.15, 0.2) is 42.5 Å². The first kappa shape index (κ1) is 14.3. The number of aromatic nitrogens is 1. The quantitative estimate of drug-likeness (QED) is 0.892. The van der Waals surface area contributed by atoms with Crippen LogP contribution in [-0.2, 0) is 6.54 Å². The van der Waals surface area contributed by atoms with E-state index in [0.29, 0.717) is 5.88 Å². The fourth-order valence-electron chi connectivity index (χ4n) is 2.07. The van der Waals surface area contributed by atoms with Crippen molar-refractivity contribution >= 4 is 6.08 Å². The van der Waals surface area contributed by atoms with Gasteiger partial charge in [-0.1, -0.05) is 30.4 Å². The van der Waals surface area contributed by atoms with Gasteiger partial charge in [0.25, 0.3) is 0 Å². The summed E-state index contributed by atoms with van der Waals surface area (Å²) in [5.41, 5.74) is 3.17. The van der Waals surface area contributed by atoms with E-state index in [1.807, 2.05) is 63.4 Å². The van der Waals surface area contributed by atoms with Crippen molar-refractivity contribution in [1.82, 2.24) is 10.3 Å². The van der Waals surface area contributed by atoms with Crippen molar-refractivity contribution in [3.8, 4) is 11.6 Å². The molecule has 0 atom stereocenters. The van der Waals surface area contributed by atoms with Gasteiger partial charge in [0, 0.05) is 23.9 Å². The first-order chi connectivity index (χ1) is 9.72. The number of hydrogen-bond acceptors (Lipinski definition) is 3. The SMILES string of the molecule is C/C=C/c1ccccc1Oc1cc(CNC)cc(C)n1. The van der Waals surface area contributed by atoms with E-state index in [1.54, 1.807) is 0 Å². The molecule has 2 aromatic rings. The van der Waals surface area contributed by atoms with Crippen molar-refractivity contribution in [1.29, 1.82) is 0 Å². The summed E-state index contributed by atoms with van der Waals surface area (Å²) in [4.78, 5) is 4.44. The molecule has 1 aromatic heterocycles. The van der Waals surface area contributed by atoms with Crippen LogP contribution in [0.5, 0.6) is 11.6 Å². The molecule has 0 radical (unpaired) electrons. The van der Waals surface area contributed by atoms with E-state index in [1.165, 1.54) is 5.56 Å². The number of para-hydroxylation sites is 1. The van der Waals surface area contributed by atoms with Crippen LogP contribution < -0.4 is 10.1 Å². The van der Waals surface area contributed by atoms with E-state index in [9.17, 15) is 0 Å². The predicted octanol–water partition coefficient (Wildman–Crippen LogP) is 3.93. The number of allylic oxidation sites excluding steroid dienone is 1. The fourth-order valence-corrected chi connectivity index (χ4v) is 2.07. The lowest BCUT2D eigenvalue weighted by Crippen LogP contribution is -2.06. The highest BCUT2D eigenvalue weighted by Crippen LogP contribution is 2.25. The Balaban J connectivity index is 2.30. The number of ether oxygens (including phenoxy) is 1. The van der Waals surface area contributed by atoms with Gasteiger partial charge in [-0.05, 0) is 38.6 Å². The van der Waals surface area contributed by atoms with Crippen LogP contribution >= 0.6 is 0 Å². The second kappa shape index (κ2) is 6.87. The van der Waals surface area contributed by atoms with Gasteiger partial charge >= 0.3 is 0 Å². The van der Waals surface area contributed by atoms with Crippen LogP contribution in [0.4, 0.5) is 0 Å². The van der Waals surface area contributed by atoms with Crippen molar-refractivity contribution in [2.75, 3.05) is 7.05 Å². The maximum Gasteiger partial charge on any atom is 0.219 e. The second-order valence-electron chi connectivity index (χ2n) is 4.63. The summed E-state index contributed by atoms with van der Waals surface area (Å²) in [5.74, 6) is 1.45. The molecule has 20 heavy (non-hydrogen) atoms. The minimum atomic E-state index is 0.632. The summed E-state index contributed by atoms with van der Waals surface area (Å²) in [6, 6.07) is 12.0. The highest BCUT2D eigenvalue weighted by molar-refractivity contribution is 5.57. The van der Waals surface area contributed by atoms with Crippen LogP contribution in [-0.4, -0.2) is 12.0 Å². The van der Waals surface area contributed by atoms with E-state index in [2.05, 4.69) is 16.4 Å². The monoisotopic (exact) mass is 268 g/mol. The smallest absolute Gasteiger partial charge is 0.219 e. The van der Waals surface area contributed by atoms with Gasteiger partial charge in [-0.3, -0.25) is 0 Å². The van der Waals surface area contributed by atoms with Gasteiger partial charge in [0.1, 0.15) is 5.75 Å². The van der Waals surface area contributed by atoms with Crippen LogP contribution in [0.2, 0.25) is 0 Å². The molecule has 0 unspecified atom stereocenters. The molecular weight excluding hydrogens is 248 g/mol. The van der Waals surface area contributed by atoms with E-state index in [-0.39, 0.29) is 0 Å². The van der Waals surface area contributed by atoms with E-state index in [0.717, 1.165) is 23.6 Å². The van der Waals surface area contributed by atoms with Gasteiger partial charge in [-0.15, -0.1) is 0 Å². The molecule has 1 aromatic carbocycles. The second-order valence-corrected chi connectivity index (χ2v) is 4.63. The summed E-state index contributed by atoms with van der Waals surface area (Å²) >= 11 is 0. The van der Waals surface area contributed by atoms with Crippen molar-refractivity contribution in [2.45, 2.75) is 20.4 Å². The number of pyridine rings is 1. The summed E-state index contributed by atoms with van der Waals surface area (Å²) in [6.07, 6.45) is 4.03. The minimum absolute atomic E-state index is 0.632. The molecule has 0 saturated heterocycles. The maximum atomic E-state index is 5.94. The molecule has 0 fully saturated rings. The highest BCUT2D eigenvalue weighted by atomic mass is 16.5. The molecule has 0 spiro atoms. The molecule has 3 heteroatoms. The zero-order chi connectivity index (χ0) is 14.4. The zero-order valence-electron chi connectivity index (χ0n) is 12.2. The third-order valence-corrected chi connectivity index (χ3v) is 2.85. The number of hydrogen-bond donors (Lipinski definition) is 1.